The van der Waals surface area contributed by atoms with Crippen LogP contribution in [0, 0.1) is 27.4 Å². The van der Waals surface area contributed by atoms with E-state index in [0.717, 1.165) is 0 Å². The molecule has 2 aromatic rings. The van der Waals surface area contributed by atoms with Gasteiger partial charge in [0.05, 0.1) is 10.6 Å². The number of benzene rings is 1. The third kappa shape index (κ3) is 3.04. The Hall–Kier alpha value is -2.94. The van der Waals surface area contributed by atoms with Crippen LogP contribution in [-0.4, -0.2) is 9.49 Å². The number of nitrogens with zero attached hydrogens (tertiary/aromatic N) is 3. The molecule has 0 N–H and O–H groups in total. The number of pyridine rings is 1. The maximum absolute atomic E-state index is 12.4. The van der Waals surface area contributed by atoms with Gasteiger partial charge in [-0.2, -0.15) is 5.26 Å². The van der Waals surface area contributed by atoms with Gasteiger partial charge in [-0.05, 0) is 18.1 Å². The first kappa shape index (κ1) is 15.4. The van der Waals surface area contributed by atoms with Gasteiger partial charge in [-0.3, -0.25) is 14.9 Å². The fourth-order valence-electron chi connectivity index (χ4n) is 2.24. The number of hydrogen-bond donors (Lipinski definition) is 0. The maximum atomic E-state index is 12.4. The Morgan fingerprint density at radius 2 is 2.05 bits per heavy atom. The summed E-state index contributed by atoms with van der Waals surface area (Å²) in [7, 11) is 0. The summed E-state index contributed by atoms with van der Waals surface area (Å²) in [4.78, 5) is 22.8. The van der Waals surface area contributed by atoms with Crippen LogP contribution in [-0.2, 0) is 6.54 Å². The Bertz CT molecular complexity index is 816. The second kappa shape index (κ2) is 6.22. The van der Waals surface area contributed by atoms with E-state index in [9.17, 15) is 14.9 Å². The van der Waals surface area contributed by atoms with Gasteiger partial charge in [-0.25, -0.2) is 0 Å². The molecule has 1 aromatic carbocycles. The van der Waals surface area contributed by atoms with Crippen LogP contribution >= 0.6 is 0 Å². The van der Waals surface area contributed by atoms with Crippen LogP contribution in [0.5, 0.6) is 0 Å². The molecule has 0 fully saturated rings. The van der Waals surface area contributed by atoms with Crippen LogP contribution in [0.25, 0.3) is 11.3 Å². The normalized spacial score (nSPS) is 10.5. The van der Waals surface area contributed by atoms with Crippen molar-refractivity contribution in [2.75, 3.05) is 0 Å². The minimum Gasteiger partial charge on any atom is -0.307 e. The number of nitro groups is 1. The molecule has 0 aliphatic carbocycles. The van der Waals surface area contributed by atoms with Crippen LogP contribution in [0.15, 0.2) is 41.2 Å². The van der Waals surface area contributed by atoms with Gasteiger partial charge < -0.3 is 4.57 Å². The lowest BCUT2D eigenvalue weighted by Crippen LogP contribution is -2.26. The van der Waals surface area contributed by atoms with E-state index >= 15 is 0 Å². The van der Waals surface area contributed by atoms with E-state index in [0.29, 0.717) is 17.8 Å². The van der Waals surface area contributed by atoms with Gasteiger partial charge in [0.2, 0.25) is 0 Å². The van der Waals surface area contributed by atoms with E-state index in [1.807, 2.05) is 19.9 Å². The molecule has 0 aliphatic rings. The molecule has 6 heteroatoms. The van der Waals surface area contributed by atoms with Crippen molar-refractivity contribution in [3.63, 3.8) is 0 Å². The molecule has 22 heavy (non-hydrogen) atoms. The lowest BCUT2D eigenvalue weighted by molar-refractivity contribution is -0.384. The quantitative estimate of drug-likeness (QED) is 0.641. The largest absolute Gasteiger partial charge is 0.307 e. The molecule has 0 bridgehead atoms. The van der Waals surface area contributed by atoms with Crippen LogP contribution in [0.2, 0.25) is 0 Å². The summed E-state index contributed by atoms with van der Waals surface area (Å²) in [6.07, 6.45) is 0. The molecular formula is C16H15N3O3. The molecule has 0 spiro atoms. The van der Waals surface area contributed by atoms with Crippen LogP contribution in [0.1, 0.15) is 19.4 Å². The fraction of sp³-hybridized carbons (Fsp3) is 0.250. The fourth-order valence-corrected chi connectivity index (χ4v) is 2.24. The third-order valence-electron chi connectivity index (χ3n) is 3.20. The number of rotatable bonds is 4. The monoisotopic (exact) mass is 297 g/mol. The first-order chi connectivity index (χ1) is 10.4. The van der Waals surface area contributed by atoms with Gasteiger partial charge in [0.15, 0.2) is 0 Å². The highest BCUT2D eigenvalue weighted by Crippen LogP contribution is 2.23. The first-order valence-corrected chi connectivity index (χ1v) is 6.82. The molecule has 6 nitrogen and oxygen atoms in total. The zero-order valence-electron chi connectivity index (χ0n) is 12.3. The Morgan fingerprint density at radius 1 is 1.32 bits per heavy atom. The summed E-state index contributed by atoms with van der Waals surface area (Å²) < 4.78 is 1.50. The van der Waals surface area contributed by atoms with Crippen molar-refractivity contribution in [3.8, 4) is 17.3 Å². The average Bonchev–Trinajstić information content (AvgIpc) is 2.49. The van der Waals surface area contributed by atoms with E-state index in [4.69, 9.17) is 5.26 Å². The summed E-state index contributed by atoms with van der Waals surface area (Å²) in [5.41, 5.74) is 0.804. The minimum absolute atomic E-state index is 0.0367. The molecule has 1 heterocycles. The molecule has 112 valence electrons. The predicted octanol–water partition coefficient (Wildman–Crippen LogP) is 2.95. The summed E-state index contributed by atoms with van der Waals surface area (Å²) in [6, 6.07) is 11.1. The lowest BCUT2D eigenvalue weighted by Gasteiger charge is -2.15. The van der Waals surface area contributed by atoms with E-state index in [1.54, 1.807) is 18.2 Å². The zero-order chi connectivity index (χ0) is 16.3. The minimum atomic E-state index is -0.474. The van der Waals surface area contributed by atoms with E-state index < -0.39 is 4.92 Å². The Labute approximate surface area is 127 Å². The summed E-state index contributed by atoms with van der Waals surface area (Å²) in [5, 5.41) is 19.9. The standard InChI is InChI=1S/C16H15N3O3/c1-11(2)10-18-15(7-6-13(9-17)16(18)20)12-4-3-5-14(8-12)19(21)22/h3-8,11H,10H2,1-2H3. The predicted molar refractivity (Wildman–Crippen MR) is 82.3 cm³/mol. The van der Waals surface area contributed by atoms with Crippen molar-refractivity contribution in [2.24, 2.45) is 5.92 Å². The lowest BCUT2D eigenvalue weighted by atomic mass is 10.1. The van der Waals surface area contributed by atoms with Crippen LogP contribution < -0.4 is 5.56 Å². The van der Waals surface area contributed by atoms with Gasteiger partial charge in [0, 0.05) is 24.2 Å². The molecule has 1 aromatic heterocycles. The van der Waals surface area contributed by atoms with Crippen LogP contribution in [0.4, 0.5) is 5.69 Å². The summed E-state index contributed by atoms with van der Waals surface area (Å²) in [5.74, 6) is 0.198. The van der Waals surface area contributed by atoms with Crippen molar-refractivity contribution >= 4 is 5.69 Å². The van der Waals surface area contributed by atoms with E-state index in [-0.39, 0.29) is 22.7 Å². The van der Waals surface area contributed by atoms with Gasteiger partial charge >= 0.3 is 0 Å². The molecular weight excluding hydrogens is 282 g/mol. The molecule has 0 saturated heterocycles. The molecule has 0 radical (unpaired) electrons. The first-order valence-electron chi connectivity index (χ1n) is 6.82. The Morgan fingerprint density at radius 3 is 2.64 bits per heavy atom. The van der Waals surface area contributed by atoms with Crippen molar-refractivity contribution in [1.82, 2.24) is 4.57 Å². The highest BCUT2D eigenvalue weighted by molar-refractivity contribution is 5.63. The van der Waals surface area contributed by atoms with Crippen molar-refractivity contribution < 1.29 is 4.92 Å². The van der Waals surface area contributed by atoms with Crippen molar-refractivity contribution in [1.29, 1.82) is 5.26 Å². The molecule has 0 unspecified atom stereocenters. The van der Waals surface area contributed by atoms with Gasteiger partial charge in [-0.1, -0.05) is 26.0 Å². The number of nitro benzene ring substituents is 1. The van der Waals surface area contributed by atoms with Crippen molar-refractivity contribution in [3.05, 3.63) is 62.4 Å². The second-order valence-electron chi connectivity index (χ2n) is 5.36. The van der Waals surface area contributed by atoms with Gasteiger partial charge in [0.25, 0.3) is 11.2 Å². The number of non-ortho nitro benzene ring substituents is 1. The number of aromatic nitrogens is 1. The summed E-state index contributed by atoms with van der Waals surface area (Å²) in [6.45, 7) is 4.36. The summed E-state index contributed by atoms with van der Waals surface area (Å²) >= 11 is 0. The smallest absolute Gasteiger partial charge is 0.270 e. The molecule has 0 amide bonds. The van der Waals surface area contributed by atoms with E-state index in [1.165, 1.54) is 22.8 Å². The highest BCUT2D eigenvalue weighted by atomic mass is 16.6. The third-order valence-corrected chi connectivity index (χ3v) is 3.20. The van der Waals surface area contributed by atoms with Crippen LogP contribution in [0.3, 0.4) is 0 Å². The SMILES string of the molecule is CC(C)Cn1c(-c2cccc([N+](=O)[O-])c2)ccc(C#N)c1=O. The average molecular weight is 297 g/mol. The molecule has 0 aliphatic heterocycles. The molecule has 2 rings (SSSR count). The maximum Gasteiger partial charge on any atom is 0.270 e. The topological polar surface area (TPSA) is 88.9 Å². The van der Waals surface area contributed by atoms with E-state index in [2.05, 4.69) is 0 Å². The molecule has 0 atom stereocenters. The number of nitriles is 1. The molecule has 0 saturated carbocycles. The van der Waals surface area contributed by atoms with Crippen molar-refractivity contribution in [2.45, 2.75) is 20.4 Å². The zero-order valence-corrected chi connectivity index (χ0v) is 12.3. The Balaban J connectivity index is 2.67. The van der Waals surface area contributed by atoms with Gasteiger partial charge in [0.1, 0.15) is 11.6 Å². The van der Waals surface area contributed by atoms with Gasteiger partial charge in [-0.15, -0.1) is 0 Å². The number of hydrogen-bond acceptors (Lipinski definition) is 4. The highest BCUT2D eigenvalue weighted by Gasteiger charge is 2.14. The Kier molecular flexibility index (Phi) is 4.37. The second-order valence-corrected chi connectivity index (χ2v) is 5.36.